The number of pyridine rings is 2. The second-order valence-electron chi connectivity index (χ2n) is 11.0. The fourth-order valence-corrected chi connectivity index (χ4v) is 5.46. The summed E-state index contributed by atoms with van der Waals surface area (Å²) in [5, 5.41) is 27.2. The molecule has 3 aliphatic rings. The van der Waals surface area contributed by atoms with Crippen LogP contribution in [0.4, 0.5) is 13.2 Å². The van der Waals surface area contributed by atoms with Crippen molar-refractivity contribution in [3.8, 4) is 11.4 Å². The van der Waals surface area contributed by atoms with Gasteiger partial charge in [-0.2, -0.15) is 13.2 Å². The van der Waals surface area contributed by atoms with E-state index in [4.69, 9.17) is 4.98 Å². The Labute approximate surface area is 286 Å². The van der Waals surface area contributed by atoms with Gasteiger partial charge in [-0.05, 0) is 24.3 Å². The number of carboxylic acid groups (broad SMARTS) is 2. The van der Waals surface area contributed by atoms with Crippen molar-refractivity contribution in [2.75, 3.05) is 65.4 Å². The molecule has 3 aliphatic heterocycles. The van der Waals surface area contributed by atoms with Crippen molar-refractivity contribution in [1.29, 1.82) is 0 Å². The molecular formula is C28H34F3LuN9O4. The Morgan fingerprint density at radius 3 is 1.82 bits per heavy atom. The molecule has 13 nitrogen and oxygen atoms in total. The maximum absolute atomic E-state index is 14.0. The van der Waals surface area contributed by atoms with Crippen LogP contribution in [0.2, 0.25) is 0 Å². The first kappa shape index (κ1) is 35.1. The van der Waals surface area contributed by atoms with Gasteiger partial charge in [-0.1, -0.05) is 11.3 Å². The number of aromatic nitrogens is 5. The van der Waals surface area contributed by atoms with Gasteiger partial charge in [-0.3, -0.25) is 34.2 Å². The number of rotatable bonds is 4. The SMILES string of the molecule is O=C(O)CN1CCN2CCN(CC(=O)O)CCN(CC1)Cc1cccc(n1)-c1cnnn1Cc1cc(C(F)(F)F)cc(n1)C2.[Lu]. The van der Waals surface area contributed by atoms with E-state index in [1.54, 1.807) is 15.9 Å². The van der Waals surface area contributed by atoms with E-state index >= 15 is 0 Å². The number of nitrogens with zero attached hydrogens (tertiary/aromatic N) is 9. The molecular weight excluding hydrogens is 758 g/mol. The van der Waals surface area contributed by atoms with Crippen LogP contribution < -0.4 is 0 Å². The summed E-state index contributed by atoms with van der Waals surface area (Å²) < 4.78 is 43.6. The van der Waals surface area contributed by atoms with Crippen molar-refractivity contribution in [1.82, 2.24) is 44.6 Å². The van der Waals surface area contributed by atoms with Gasteiger partial charge in [-0.15, -0.1) is 5.10 Å². The predicted octanol–water partition coefficient (Wildman–Crippen LogP) is 1.21. The predicted molar refractivity (Wildman–Crippen MR) is 150 cm³/mol. The third kappa shape index (κ3) is 10.1. The Hall–Kier alpha value is -2.76. The van der Waals surface area contributed by atoms with Gasteiger partial charge in [0.05, 0.1) is 54.2 Å². The second-order valence-corrected chi connectivity index (χ2v) is 11.0. The molecule has 0 amide bonds. The smallest absolute Gasteiger partial charge is 0.416 e. The van der Waals surface area contributed by atoms with Crippen molar-refractivity contribution < 1.29 is 69.8 Å². The van der Waals surface area contributed by atoms with Crippen LogP contribution in [-0.4, -0.2) is 132 Å². The quantitative estimate of drug-likeness (QED) is 0.392. The summed E-state index contributed by atoms with van der Waals surface area (Å²) in [6.07, 6.45) is -3.11. The van der Waals surface area contributed by atoms with Crippen LogP contribution in [0.5, 0.6) is 0 Å². The summed E-state index contributed by atoms with van der Waals surface area (Å²) in [4.78, 5) is 40.4. The van der Waals surface area contributed by atoms with Gasteiger partial charge in [0.2, 0.25) is 0 Å². The van der Waals surface area contributed by atoms with E-state index in [-0.39, 0.29) is 74.4 Å². The standard InChI is InChI=1S/C28H34F3N9O4.Lu/c29-28(30,31)20-12-22-16-37-6-10-38(18-26(41)42)8-4-36(5-9-39(11-7-37)19-27(43)44)15-21-2-1-3-24(34-21)25-14-32-35-40(25)17-23(13-20)33-22;/h1-3,12-14H,4-11,15-19H2,(H,41,42)(H,43,44);. The van der Waals surface area contributed by atoms with Crippen LogP contribution in [0.15, 0.2) is 36.5 Å². The normalized spacial score (nSPS) is 20.4. The van der Waals surface area contributed by atoms with Crippen molar-refractivity contribution in [3.05, 3.63) is 59.2 Å². The number of carbonyl (C=O) groups is 2. The Bertz CT molecular complexity index is 1440. The summed E-state index contributed by atoms with van der Waals surface area (Å²) in [7, 11) is 0. The minimum absolute atomic E-state index is 0. The Balaban J connectivity index is 0.00000461. The minimum atomic E-state index is -4.62. The largest absolute Gasteiger partial charge is 0.480 e. The molecule has 6 bridgehead atoms. The fourth-order valence-electron chi connectivity index (χ4n) is 5.46. The molecule has 6 rings (SSSR count). The Morgan fingerprint density at radius 2 is 1.29 bits per heavy atom. The first-order valence-corrected chi connectivity index (χ1v) is 14.3. The molecule has 1 fully saturated rings. The van der Waals surface area contributed by atoms with Crippen molar-refractivity contribution in [2.45, 2.75) is 25.8 Å². The zero-order valence-corrected chi connectivity index (χ0v) is 25.9. The first-order chi connectivity index (χ1) is 21.0. The molecule has 17 heteroatoms. The van der Waals surface area contributed by atoms with Crippen LogP contribution in [0, 0.1) is 36.9 Å². The monoisotopic (exact) mass is 792 g/mol. The third-order valence-electron chi connectivity index (χ3n) is 7.68. The zero-order chi connectivity index (χ0) is 31.3. The summed E-state index contributed by atoms with van der Waals surface area (Å²) in [6.45, 7) is 3.24. The Morgan fingerprint density at radius 1 is 0.756 bits per heavy atom. The van der Waals surface area contributed by atoms with Gasteiger partial charge in [0.25, 0.3) is 0 Å². The van der Waals surface area contributed by atoms with Gasteiger partial charge < -0.3 is 10.2 Å². The molecule has 3 aromatic rings. The summed E-state index contributed by atoms with van der Waals surface area (Å²) in [6, 6.07) is 7.47. The van der Waals surface area contributed by atoms with Gasteiger partial charge in [-0.25, -0.2) is 9.67 Å². The van der Waals surface area contributed by atoms with E-state index in [1.165, 1.54) is 10.9 Å². The topological polar surface area (TPSA) is 144 Å². The molecule has 3 aromatic heterocycles. The third-order valence-corrected chi connectivity index (χ3v) is 7.68. The Kier molecular flexibility index (Phi) is 12.2. The van der Waals surface area contributed by atoms with Crippen molar-refractivity contribution >= 4 is 11.9 Å². The maximum atomic E-state index is 14.0. The van der Waals surface area contributed by atoms with Gasteiger partial charge >= 0.3 is 18.1 Å². The molecule has 0 aromatic carbocycles. The van der Waals surface area contributed by atoms with E-state index in [9.17, 15) is 33.0 Å². The molecule has 6 heterocycles. The van der Waals surface area contributed by atoms with E-state index in [2.05, 4.69) is 20.2 Å². The average molecular weight is 793 g/mol. The molecule has 0 saturated carbocycles. The summed E-state index contributed by atoms with van der Waals surface area (Å²) >= 11 is 0. The zero-order valence-electron chi connectivity index (χ0n) is 24.3. The number of fused-ring (bicyclic) bond motifs is 8. The van der Waals surface area contributed by atoms with Crippen LogP contribution >= 0.6 is 0 Å². The fraction of sp³-hybridized carbons (Fsp3) is 0.500. The molecule has 0 atom stereocenters. The number of aliphatic carboxylic acids is 2. The number of hydrogen-bond donors (Lipinski definition) is 2. The van der Waals surface area contributed by atoms with Crippen molar-refractivity contribution in [2.24, 2.45) is 0 Å². The van der Waals surface area contributed by atoms with Gasteiger partial charge in [0.1, 0.15) is 5.69 Å². The molecule has 251 valence electrons. The van der Waals surface area contributed by atoms with E-state index < -0.39 is 23.7 Å². The molecule has 1 saturated heterocycles. The number of halogens is 3. The molecule has 1 radical (unpaired) electrons. The van der Waals surface area contributed by atoms with Crippen LogP contribution in [0.1, 0.15) is 22.6 Å². The van der Waals surface area contributed by atoms with Gasteiger partial charge in [0.15, 0.2) is 0 Å². The molecule has 0 unspecified atom stereocenters. The molecule has 0 spiro atoms. The average Bonchev–Trinajstić information content (AvgIpc) is 3.41. The second kappa shape index (κ2) is 15.7. The number of hydrogen-bond acceptors (Lipinski definition) is 10. The van der Waals surface area contributed by atoms with Crippen LogP contribution in [-0.2, 0) is 35.4 Å². The number of alkyl halides is 3. The first-order valence-electron chi connectivity index (χ1n) is 14.3. The number of carboxylic acids is 2. The molecule has 2 N–H and O–H groups in total. The molecule has 45 heavy (non-hydrogen) atoms. The van der Waals surface area contributed by atoms with Crippen LogP contribution in [0.25, 0.3) is 11.4 Å². The van der Waals surface area contributed by atoms with Gasteiger partial charge in [0, 0.05) is 102 Å². The van der Waals surface area contributed by atoms with E-state index in [0.29, 0.717) is 76.0 Å². The summed E-state index contributed by atoms with van der Waals surface area (Å²) in [5.41, 5.74) is 1.25. The van der Waals surface area contributed by atoms with Crippen molar-refractivity contribution in [3.63, 3.8) is 0 Å². The summed E-state index contributed by atoms with van der Waals surface area (Å²) in [5.74, 6) is -1.96. The van der Waals surface area contributed by atoms with E-state index in [0.717, 1.165) is 12.1 Å². The maximum Gasteiger partial charge on any atom is 0.416 e. The molecule has 0 aliphatic carbocycles. The minimum Gasteiger partial charge on any atom is -0.480 e. The van der Waals surface area contributed by atoms with E-state index in [1.807, 2.05) is 17.0 Å². The van der Waals surface area contributed by atoms with Crippen LogP contribution in [0.3, 0.4) is 0 Å².